The summed E-state index contributed by atoms with van der Waals surface area (Å²) in [6.45, 7) is 3.00. The summed E-state index contributed by atoms with van der Waals surface area (Å²) in [7, 11) is 3.95. The van der Waals surface area contributed by atoms with E-state index in [1.807, 2.05) is 42.1 Å². The molecule has 0 saturated heterocycles. The molecule has 92 valence electrons. The van der Waals surface area contributed by atoms with Crippen molar-refractivity contribution in [2.45, 2.75) is 25.9 Å². The number of imidazole rings is 1. The predicted octanol–water partition coefficient (Wildman–Crippen LogP) is 1.14. The molecule has 0 fully saturated rings. The first kappa shape index (κ1) is 11.9. The highest BCUT2D eigenvalue weighted by atomic mass is 15.3. The van der Waals surface area contributed by atoms with E-state index in [0.29, 0.717) is 0 Å². The first-order chi connectivity index (χ1) is 8.22. The Morgan fingerprint density at radius 1 is 1.41 bits per heavy atom. The zero-order chi connectivity index (χ0) is 12.3. The fraction of sp³-hybridized carbons (Fsp3) is 0.500. The van der Waals surface area contributed by atoms with Gasteiger partial charge in [0.1, 0.15) is 0 Å². The Balaban J connectivity index is 2.09. The summed E-state index contributed by atoms with van der Waals surface area (Å²) in [6.07, 6.45) is 8.80. The summed E-state index contributed by atoms with van der Waals surface area (Å²) < 4.78 is 3.91. The lowest BCUT2D eigenvalue weighted by Gasteiger charge is -2.12. The van der Waals surface area contributed by atoms with Gasteiger partial charge in [-0.2, -0.15) is 5.10 Å². The summed E-state index contributed by atoms with van der Waals surface area (Å²) in [4.78, 5) is 4.38. The third kappa shape index (κ3) is 2.74. The van der Waals surface area contributed by atoms with Gasteiger partial charge < -0.3 is 9.88 Å². The fourth-order valence-corrected chi connectivity index (χ4v) is 1.89. The number of nitrogens with zero attached hydrogens (tertiary/aromatic N) is 4. The van der Waals surface area contributed by atoms with Crippen molar-refractivity contribution in [2.24, 2.45) is 7.05 Å². The molecule has 5 heteroatoms. The largest absolute Gasteiger partial charge is 0.340 e. The zero-order valence-corrected chi connectivity index (χ0v) is 10.6. The lowest BCUT2D eigenvalue weighted by Crippen LogP contribution is -2.19. The first-order valence-corrected chi connectivity index (χ1v) is 5.89. The second-order valence-electron chi connectivity index (χ2n) is 4.21. The minimum absolute atomic E-state index is 0.241. The van der Waals surface area contributed by atoms with Gasteiger partial charge in [-0.1, -0.05) is 0 Å². The van der Waals surface area contributed by atoms with Gasteiger partial charge in [-0.3, -0.25) is 4.68 Å². The summed E-state index contributed by atoms with van der Waals surface area (Å²) in [5.41, 5.74) is 2.30. The van der Waals surface area contributed by atoms with Crippen molar-refractivity contribution in [3.8, 4) is 0 Å². The Hall–Kier alpha value is -1.62. The quantitative estimate of drug-likeness (QED) is 0.842. The van der Waals surface area contributed by atoms with Crippen LogP contribution in [0.5, 0.6) is 0 Å². The summed E-state index contributed by atoms with van der Waals surface area (Å²) >= 11 is 0. The van der Waals surface area contributed by atoms with E-state index in [9.17, 15) is 0 Å². The van der Waals surface area contributed by atoms with E-state index >= 15 is 0 Å². The van der Waals surface area contributed by atoms with Crippen molar-refractivity contribution in [1.82, 2.24) is 24.6 Å². The van der Waals surface area contributed by atoms with Crippen molar-refractivity contribution in [3.05, 3.63) is 36.2 Å². The van der Waals surface area contributed by atoms with Crippen LogP contribution < -0.4 is 5.32 Å². The van der Waals surface area contributed by atoms with Crippen LogP contribution in [0.25, 0.3) is 0 Å². The average molecular weight is 233 g/mol. The number of nitrogens with one attached hydrogen (secondary N) is 1. The molecular weight excluding hydrogens is 214 g/mol. The molecule has 5 nitrogen and oxygen atoms in total. The van der Waals surface area contributed by atoms with Gasteiger partial charge in [0.25, 0.3) is 0 Å². The van der Waals surface area contributed by atoms with E-state index in [4.69, 9.17) is 0 Å². The zero-order valence-electron chi connectivity index (χ0n) is 10.6. The van der Waals surface area contributed by atoms with Crippen molar-refractivity contribution < 1.29 is 0 Å². The Morgan fingerprint density at radius 2 is 2.24 bits per heavy atom. The SMILES string of the molecule is CCn1cc(CC(NC)c2cn(C)cn2)cn1. The van der Waals surface area contributed by atoms with Crippen molar-refractivity contribution >= 4 is 0 Å². The number of hydrogen-bond donors (Lipinski definition) is 1. The monoisotopic (exact) mass is 233 g/mol. The van der Waals surface area contributed by atoms with E-state index in [1.165, 1.54) is 5.56 Å². The van der Waals surface area contributed by atoms with Gasteiger partial charge in [-0.05, 0) is 26.0 Å². The molecular formula is C12H19N5. The molecule has 1 unspecified atom stereocenters. The van der Waals surface area contributed by atoms with Gasteiger partial charge in [-0.25, -0.2) is 4.98 Å². The van der Waals surface area contributed by atoms with E-state index in [1.54, 1.807) is 0 Å². The molecule has 0 aliphatic heterocycles. The maximum atomic E-state index is 4.38. The second kappa shape index (κ2) is 5.14. The topological polar surface area (TPSA) is 47.7 Å². The standard InChI is InChI=1S/C12H19N5/c1-4-17-7-10(6-15-17)5-11(13-2)12-8-16(3)9-14-12/h6-9,11,13H,4-5H2,1-3H3. The Bertz CT molecular complexity index is 471. The summed E-state index contributed by atoms with van der Waals surface area (Å²) in [5.74, 6) is 0. The molecule has 0 bridgehead atoms. The van der Waals surface area contributed by atoms with Crippen molar-refractivity contribution in [2.75, 3.05) is 7.05 Å². The highest BCUT2D eigenvalue weighted by Gasteiger charge is 2.13. The van der Waals surface area contributed by atoms with Crippen LogP contribution in [0, 0.1) is 0 Å². The van der Waals surface area contributed by atoms with Gasteiger partial charge in [-0.15, -0.1) is 0 Å². The molecule has 17 heavy (non-hydrogen) atoms. The molecule has 0 saturated carbocycles. The van der Waals surface area contributed by atoms with Crippen LogP contribution >= 0.6 is 0 Å². The predicted molar refractivity (Wildman–Crippen MR) is 66.6 cm³/mol. The molecule has 2 aromatic rings. The number of aromatic nitrogens is 4. The highest BCUT2D eigenvalue weighted by molar-refractivity contribution is 5.12. The molecule has 1 N–H and O–H groups in total. The van der Waals surface area contributed by atoms with Gasteiger partial charge in [0.05, 0.1) is 24.3 Å². The maximum absolute atomic E-state index is 4.38. The number of hydrogen-bond acceptors (Lipinski definition) is 3. The minimum atomic E-state index is 0.241. The summed E-state index contributed by atoms with van der Waals surface area (Å²) in [6, 6.07) is 0.241. The van der Waals surface area contributed by atoms with Gasteiger partial charge in [0.2, 0.25) is 0 Å². The van der Waals surface area contributed by atoms with Gasteiger partial charge in [0.15, 0.2) is 0 Å². The van der Waals surface area contributed by atoms with Crippen LogP contribution in [0.4, 0.5) is 0 Å². The van der Waals surface area contributed by atoms with E-state index < -0.39 is 0 Å². The molecule has 0 radical (unpaired) electrons. The Labute approximate surface area is 101 Å². The van der Waals surface area contributed by atoms with Crippen LogP contribution in [0.15, 0.2) is 24.9 Å². The van der Waals surface area contributed by atoms with Crippen LogP contribution in [-0.2, 0) is 20.0 Å². The molecule has 0 aromatic carbocycles. The first-order valence-electron chi connectivity index (χ1n) is 5.89. The van der Waals surface area contributed by atoms with E-state index in [0.717, 1.165) is 18.7 Å². The lowest BCUT2D eigenvalue weighted by molar-refractivity contribution is 0.577. The smallest absolute Gasteiger partial charge is 0.0947 e. The number of likely N-dealkylation sites (N-methyl/N-ethyl adjacent to an activating group) is 1. The molecule has 0 aliphatic carbocycles. The second-order valence-corrected chi connectivity index (χ2v) is 4.21. The number of rotatable bonds is 5. The van der Waals surface area contributed by atoms with E-state index in [-0.39, 0.29) is 6.04 Å². The summed E-state index contributed by atoms with van der Waals surface area (Å²) in [5, 5.41) is 7.58. The Morgan fingerprint density at radius 3 is 2.76 bits per heavy atom. The van der Waals surface area contributed by atoms with E-state index in [2.05, 4.69) is 28.5 Å². The fourth-order valence-electron chi connectivity index (χ4n) is 1.89. The molecule has 0 aliphatic rings. The van der Waals surface area contributed by atoms with Crippen molar-refractivity contribution in [1.29, 1.82) is 0 Å². The lowest BCUT2D eigenvalue weighted by atomic mass is 10.1. The van der Waals surface area contributed by atoms with Gasteiger partial charge in [0, 0.05) is 26.0 Å². The number of aryl methyl sites for hydroxylation is 2. The molecule has 2 rings (SSSR count). The van der Waals surface area contributed by atoms with Crippen LogP contribution in [0.3, 0.4) is 0 Å². The third-order valence-corrected chi connectivity index (χ3v) is 2.88. The molecule has 0 amide bonds. The maximum Gasteiger partial charge on any atom is 0.0947 e. The molecule has 2 aromatic heterocycles. The normalized spacial score (nSPS) is 12.9. The van der Waals surface area contributed by atoms with Gasteiger partial charge >= 0.3 is 0 Å². The van der Waals surface area contributed by atoms with Crippen LogP contribution in [0.1, 0.15) is 24.2 Å². The molecule has 0 spiro atoms. The van der Waals surface area contributed by atoms with Crippen LogP contribution in [-0.4, -0.2) is 26.4 Å². The molecule has 1 atom stereocenters. The average Bonchev–Trinajstić information content (AvgIpc) is 2.94. The van der Waals surface area contributed by atoms with Crippen LogP contribution in [0.2, 0.25) is 0 Å². The molecule has 2 heterocycles. The van der Waals surface area contributed by atoms with Crippen molar-refractivity contribution in [3.63, 3.8) is 0 Å². The third-order valence-electron chi connectivity index (χ3n) is 2.88. The Kier molecular flexibility index (Phi) is 3.58. The minimum Gasteiger partial charge on any atom is -0.340 e. The highest BCUT2D eigenvalue weighted by Crippen LogP contribution is 2.15.